The van der Waals surface area contributed by atoms with E-state index in [-0.39, 0.29) is 35.9 Å². The van der Waals surface area contributed by atoms with Crippen LogP contribution in [-0.4, -0.2) is 43.5 Å². The van der Waals surface area contributed by atoms with Gasteiger partial charge in [0.05, 0.1) is 31.5 Å². The van der Waals surface area contributed by atoms with Crippen molar-refractivity contribution < 1.29 is 28.2 Å². The first kappa shape index (κ1) is 23.7. The van der Waals surface area contributed by atoms with E-state index in [1.807, 2.05) is 0 Å². The lowest BCUT2D eigenvalue weighted by atomic mass is 10.1. The molecule has 35 heavy (non-hydrogen) atoms. The average molecular weight is 478 g/mol. The maximum Gasteiger partial charge on any atom is 0.274 e. The summed E-state index contributed by atoms with van der Waals surface area (Å²) in [6.07, 6.45) is 1.45. The minimum absolute atomic E-state index is 0.0227. The Labute approximate surface area is 200 Å². The molecule has 0 aliphatic carbocycles. The highest BCUT2D eigenvalue weighted by molar-refractivity contribution is 6.08. The Bertz CT molecular complexity index is 1270. The van der Waals surface area contributed by atoms with Crippen molar-refractivity contribution >= 4 is 34.8 Å². The lowest BCUT2D eigenvalue weighted by molar-refractivity contribution is -0.122. The second-order valence-corrected chi connectivity index (χ2v) is 7.79. The summed E-state index contributed by atoms with van der Waals surface area (Å²) in [7, 11) is 3.01. The zero-order valence-corrected chi connectivity index (χ0v) is 19.1. The molecule has 1 aliphatic rings. The van der Waals surface area contributed by atoms with E-state index >= 15 is 0 Å². The molecule has 2 N–H and O–H groups in total. The fourth-order valence-corrected chi connectivity index (χ4v) is 3.77. The number of nitrogens with zero attached hydrogens (tertiary/aromatic N) is 2. The summed E-state index contributed by atoms with van der Waals surface area (Å²) in [5, 5.41) is 5.28. The van der Waals surface area contributed by atoms with E-state index in [2.05, 4.69) is 15.6 Å². The van der Waals surface area contributed by atoms with Crippen molar-refractivity contribution in [1.82, 2.24) is 4.98 Å². The van der Waals surface area contributed by atoms with E-state index in [0.717, 1.165) is 6.07 Å². The largest absolute Gasteiger partial charge is 0.493 e. The number of anilines is 3. The zero-order chi connectivity index (χ0) is 24.9. The third-order valence-corrected chi connectivity index (χ3v) is 5.56. The van der Waals surface area contributed by atoms with E-state index in [1.165, 1.54) is 43.5 Å². The summed E-state index contributed by atoms with van der Waals surface area (Å²) in [6, 6.07) is 13.5. The van der Waals surface area contributed by atoms with Crippen LogP contribution in [0, 0.1) is 11.7 Å². The second-order valence-electron chi connectivity index (χ2n) is 7.79. The van der Waals surface area contributed by atoms with Gasteiger partial charge in [0.15, 0.2) is 11.5 Å². The smallest absolute Gasteiger partial charge is 0.274 e. The number of ether oxygens (including phenoxy) is 2. The molecule has 1 aliphatic heterocycles. The van der Waals surface area contributed by atoms with Gasteiger partial charge in [-0.2, -0.15) is 0 Å². The molecule has 4 rings (SSSR count). The summed E-state index contributed by atoms with van der Waals surface area (Å²) >= 11 is 0. The second kappa shape index (κ2) is 10.2. The Morgan fingerprint density at radius 1 is 1.00 bits per heavy atom. The van der Waals surface area contributed by atoms with Gasteiger partial charge in [0, 0.05) is 30.9 Å². The summed E-state index contributed by atoms with van der Waals surface area (Å²) < 4.78 is 24.5. The van der Waals surface area contributed by atoms with Crippen molar-refractivity contribution in [2.75, 3.05) is 36.3 Å². The molecule has 10 heteroatoms. The molecule has 0 spiro atoms. The fourth-order valence-electron chi connectivity index (χ4n) is 3.77. The van der Waals surface area contributed by atoms with Crippen molar-refractivity contribution in [1.29, 1.82) is 0 Å². The van der Waals surface area contributed by atoms with Crippen molar-refractivity contribution in [2.24, 2.45) is 5.92 Å². The summed E-state index contributed by atoms with van der Waals surface area (Å²) in [5.41, 5.74) is 1.02. The SMILES string of the molecule is COc1ccc(N2CC(C(=O)Nc3cc(F)ccc3NC(=O)c3ccccn3)CC2=O)cc1OC. The number of rotatable bonds is 7. The molecule has 3 amide bonds. The molecular weight excluding hydrogens is 455 g/mol. The van der Waals surface area contributed by atoms with E-state index in [9.17, 15) is 18.8 Å². The molecule has 9 nitrogen and oxygen atoms in total. The Morgan fingerprint density at radius 3 is 2.51 bits per heavy atom. The number of amides is 3. The number of carbonyl (C=O) groups is 3. The molecule has 1 unspecified atom stereocenters. The van der Waals surface area contributed by atoms with Crippen LogP contribution in [0.15, 0.2) is 60.8 Å². The predicted molar refractivity (Wildman–Crippen MR) is 127 cm³/mol. The third kappa shape index (κ3) is 5.21. The summed E-state index contributed by atoms with van der Waals surface area (Å²) in [5.74, 6) is -1.52. The molecule has 0 bridgehead atoms. The van der Waals surface area contributed by atoms with E-state index in [4.69, 9.17) is 9.47 Å². The number of hydrogen-bond acceptors (Lipinski definition) is 6. The average Bonchev–Trinajstić information content (AvgIpc) is 3.27. The van der Waals surface area contributed by atoms with Gasteiger partial charge in [-0.3, -0.25) is 19.4 Å². The molecule has 2 aromatic carbocycles. The van der Waals surface area contributed by atoms with Gasteiger partial charge in [-0.15, -0.1) is 0 Å². The topological polar surface area (TPSA) is 110 Å². The lowest BCUT2D eigenvalue weighted by Gasteiger charge is -2.19. The van der Waals surface area contributed by atoms with E-state index in [0.29, 0.717) is 17.2 Å². The number of nitrogens with one attached hydrogen (secondary N) is 2. The number of halogens is 1. The molecule has 0 saturated carbocycles. The van der Waals surface area contributed by atoms with Crippen LogP contribution >= 0.6 is 0 Å². The van der Waals surface area contributed by atoms with Crippen LogP contribution in [0.1, 0.15) is 16.9 Å². The van der Waals surface area contributed by atoms with Gasteiger partial charge in [-0.1, -0.05) is 6.07 Å². The maximum absolute atomic E-state index is 14.0. The Morgan fingerprint density at radius 2 is 1.80 bits per heavy atom. The Hall–Kier alpha value is -4.47. The molecule has 2 heterocycles. The number of carbonyl (C=O) groups excluding carboxylic acids is 3. The van der Waals surface area contributed by atoms with Gasteiger partial charge >= 0.3 is 0 Å². The minimum atomic E-state index is -0.682. The minimum Gasteiger partial charge on any atom is -0.493 e. The molecule has 1 fully saturated rings. The number of pyridine rings is 1. The van der Waals surface area contributed by atoms with Crippen molar-refractivity contribution in [3.63, 3.8) is 0 Å². The van der Waals surface area contributed by atoms with E-state index in [1.54, 1.807) is 30.3 Å². The molecular formula is C25H23FN4O5. The summed E-state index contributed by atoms with van der Waals surface area (Å²) in [4.78, 5) is 43.6. The first-order valence-electron chi connectivity index (χ1n) is 10.7. The third-order valence-electron chi connectivity index (χ3n) is 5.56. The molecule has 3 aromatic rings. The fraction of sp³-hybridized carbons (Fsp3) is 0.200. The van der Waals surface area contributed by atoms with Gasteiger partial charge in [0.25, 0.3) is 5.91 Å². The van der Waals surface area contributed by atoms with Gasteiger partial charge in [0.1, 0.15) is 11.5 Å². The van der Waals surface area contributed by atoms with Crippen LogP contribution in [-0.2, 0) is 9.59 Å². The lowest BCUT2D eigenvalue weighted by Crippen LogP contribution is -2.28. The number of methoxy groups -OCH3 is 2. The zero-order valence-electron chi connectivity index (χ0n) is 19.1. The first-order valence-corrected chi connectivity index (χ1v) is 10.7. The first-order chi connectivity index (χ1) is 16.9. The Balaban J connectivity index is 1.49. The van der Waals surface area contributed by atoms with Crippen LogP contribution in [0.2, 0.25) is 0 Å². The van der Waals surface area contributed by atoms with Gasteiger partial charge in [0.2, 0.25) is 11.8 Å². The monoisotopic (exact) mass is 478 g/mol. The highest BCUT2D eigenvalue weighted by Crippen LogP contribution is 2.34. The summed E-state index contributed by atoms with van der Waals surface area (Å²) in [6.45, 7) is 0.130. The standard InChI is InChI=1S/C25H23FN4O5/c1-34-21-9-7-17(13-22(21)35-2)30-14-15(11-23(30)31)24(32)29-20-12-16(26)6-8-18(20)28-25(33)19-5-3-4-10-27-19/h3-10,12-13,15H,11,14H2,1-2H3,(H,28,33)(H,29,32). The van der Waals surface area contributed by atoms with Crippen LogP contribution in [0.4, 0.5) is 21.5 Å². The highest BCUT2D eigenvalue weighted by atomic mass is 19.1. The maximum atomic E-state index is 14.0. The van der Waals surface area contributed by atoms with Crippen molar-refractivity contribution in [2.45, 2.75) is 6.42 Å². The van der Waals surface area contributed by atoms with Crippen LogP contribution in [0.25, 0.3) is 0 Å². The van der Waals surface area contributed by atoms with Crippen LogP contribution in [0.3, 0.4) is 0 Å². The molecule has 0 radical (unpaired) electrons. The van der Waals surface area contributed by atoms with Crippen LogP contribution in [0.5, 0.6) is 11.5 Å². The number of hydrogen-bond donors (Lipinski definition) is 2. The predicted octanol–water partition coefficient (Wildman–Crippen LogP) is 3.48. The molecule has 1 aromatic heterocycles. The van der Waals surface area contributed by atoms with Crippen molar-refractivity contribution in [3.8, 4) is 11.5 Å². The van der Waals surface area contributed by atoms with Gasteiger partial charge < -0.3 is 25.0 Å². The quantitative estimate of drug-likeness (QED) is 0.538. The highest BCUT2D eigenvalue weighted by Gasteiger charge is 2.35. The molecule has 1 saturated heterocycles. The van der Waals surface area contributed by atoms with Crippen molar-refractivity contribution in [3.05, 3.63) is 72.3 Å². The van der Waals surface area contributed by atoms with Gasteiger partial charge in [-0.05, 0) is 42.5 Å². The van der Waals surface area contributed by atoms with E-state index < -0.39 is 23.5 Å². The van der Waals surface area contributed by atoms with Gasteiger partial charge in [-0.25, -0.2) is 4.39 Å². The normalized spacial score (nSPS) is 15.0. The van der Waals surface area contributed by atoms with Crippen LogP contribution < -0.4 is 25.0 Å². The number of benzene rings is 2. The number of aromatic nitrogens is 1. The molecule has 180 valence electrons. The molecule has 1 atom stereocenters. The Kier molecular flexibility index (Phi) is 6.91.